The molecular weight excluding hydrogens is 324 g/mol. The lowest BCUT2D eigenvalue weighted by atomic mass is 9.96. The summed E-state index contributed by atoms with van der Waals surface area (Å²) in [6.45, 7) is 4.04. The number of carbonyl (C=O) groups is 2. The summed E-state index contributed by atoms with van der Waals surface area (Å²) in [6.07, 6.45) is 3.00. The third kappa shape index (κ3) is 3.96. The summed E-state index contributed by atoms with van der Waals surface area (Å²) < 4.78 is 0. The zero-order chi connectivity index (χ0) is 18.5. The number of likely N-dealkylation sites (tertiary alicyclic amines) is 1. The van der Waals surface area contributed by atoms with E-state index >= 15 is 0 Å². The van der Waals surface area contributed by atoms with E-state index in [-0.39, 0.29) is 18.1 Å². The van der Waals surface area contributed by atoms with Crippen LogP contribution in [0.3, 0.4) is 0 Å². The summed E-state index contributed by atoms with van der Waals surface area (Å²) in [7, 11) is 0. The van der Waals surface area contributed by atoms with Crippen molar-refractivity contribution in [3.63, 3.8) is 0 Å². The van der Waals surface area contributed by atoms with Crippen LogP contribution in [-0.2, 0) is 9.59 Å². The molecule has 2 atom stereocenters. The lowest BCUT2D eigenvalue weighted by Gasteiger charge is -2.38. The standard InChI is InChI=1S/C22H26N2O2/c1-16-10-9-11-17(2)24(16)22(26)21(25)23-20(18-12-5-3-6-13-18)19-14-7-4-8-15-19/h3-8,12-17,20H,9-11H2,1-2H3,(H,23,25). The molecule has 1 aliphatic rings. The summed E-state index contributed by atoms with van der Waals surface area (Å²) in [6, 6.07) is 19.4. The number of piperidine rings is 1. The molecule has 4 heteroatoms. The van der Waals surface area contributed by atoms with Gasteiger partial charge < -0.3 is 10.2 Å². The van der Waals surface area contributed by atoms with Gasteiger partial charge in [0.1, 0.15) is 0 Å². The summed E-state index contributed by atoms with van der Waals surface area (Å²) in [5.74, 6) is -0.968. The second-order valence-electron chi connectivity index (χ2n) is 7.07. The Kier molecular flexibility index (Phi) is 5.71. The van der Waals surface area contributed by atoms with Gasteiger partial charge in [-0.1, -0.05) is 60.7 Å². The van der Waals surface area contributed by atoms with E-state index in [1.54, 1.807) is 4.90 Å². The van der Waals surface area contributed by atoms with Gasteiger partial charge in [0.25, 0.3) is 0 Å². The lowest BCUT2D eigenvalue weighted by Crippen LogP contribution is -2.53. The van der Waals surface area contributed by atoms with Crippen LogP contribution in [0.5, 0.6) is 0 Å². The molecule has 26 heavy (non-hydrogen) atoms. The van der Waals surface area contributed by atoms with Gasteiger partial charge in [0.2, 0.25) is 0 Å². The number of hydrogen-bond donors (Lipinski definition) is 1. The molecule has 0 bridgehead atoms. The molecule has 2 aromatic rings. The molecule has 136 valence electrons. The van der Waals surface area contributed by atoms with Gasteiger partial charge >= 0.3 is 11.8 Å². The van der Waals surface area contributed by atoms with E-state index in [9.17, 15) is 9.59 Å². The van der Waals surface area contributed by atoms with Crippen molar-refractivity contribution in [2.24, 2.45) is 0 Å². The number of rotatable bonds is 3. The number of hydrogen-bond acceptors (Lipinski definition) is 2. The second-order valence-corrected chi connectivity index (χ2v) is 7.07. The zero-order valence-electron chi connectivity index (χ0n) is 15.4. The molecule has 1 saturated heterocycles. The third-order valence-corrected chi connectivity index (χ3v) is 5.16. The average molecular weight is 350 g/mol. The van der Waals surface area contributed by atoms with E-state index < -0.39 is 11.8 Å². The number of carbonyl (C=O) groups excluding carboxylic acids is 2. The summed E-state index contributed by atoms with van der Waals surface area (Å²) in [5, 5.41) is 2.96. The molecule has 1 N–H and O–H groups in total. The highest BCUT2D eigenvalue weighted by Gasteiger charge is 2.33. The first kappa shape index (κ1) is 18.2. The Morgan fingerprint density at radius 2 is 1.35 bits per heavy atom. The van der Waals surface area contributed by atoms with Gasteiger partial charge in [-0.3, -0.25) is 9.59 Å². The van der Waals surface area contributed by atoms with Crippen molar-refractivity contribution >= 4 is 11.8 Å². The number of nitrogens with zero attached hydrogens (tertiary/aromatic N) is 1. The largest absolute Gasteiger partial charge is 0.337 e. The maximum Gasteiger partial charge on any atom is 0.312 e. The van der Waals surface area contributed by atoms with Crippen molar-refractivity contribution in [3.8, 4) is 0 Å². The molecular formula is C22H26N2O2. The van der Waals surface area contributed by atoms with Crippen LogP contribution < -0.4 is 5.32 Å². The first-order valence-electron chi connectivity index (χ1n) is 9.31. The van der Waals surface area contributed by atoms with Gasteiger partial charge in [-0.2, -0.15) is 0 Å². The predicted molar refractivity (Wildman–Crippen MR) is 102 cm³/mol. The molecule has 2 unspecified atom stereocenters. The van der Waals surface area contributed by atoms with Crippen molar-refractivity contribution < 1.29 is 9.59 Å². The van der Waals surface area contributed by atoms with E-state index in [2.05, 4.69) is 5.32 Å². The fourth-order valence-corrected chi connectivity index (χ4v) is 3.78. The Bertz CT molecular complexity index is 696. The monoisotopic (exact) mass is 350 g/mol. The number of nitrogens with one attached hydrogen (secondary N) is 1. The molecule has 0 aromatic heterocycles. The highest BCUT2D eigenvalue weighted by molar-refractivity contribution is 6.35. The van der Waals surface area contributed by atoms with E-state index in [1.165, 1.54) is 0 Å². The summed E-state index contributed by atoms with van der Waals surface area (Å²) in [5.41, 5.74) is 1.92. The van der Waals surface area contributed by atoms with E-state index in [1.807, 2.05) is 74.5 Å². The lowest BCUT2D eigenvalue weighted by molar-refractivity contribution is -0.150. The second kappa shape index (κ2) is 8.17. The Morgan fingerprint density at radius 1 is 0.885 bits per heavy atom. The average Bonchev–Trinajstić information content (AvgIpc) is 2.67. The maximum absolute atomic E-state index is 12.8. The van der Waals surface area contributed by atoms with Crippen LogP contribution in [0.2, 0.25) is 0 Å². The highest BCUT2D eigenvalue weighted by atomic mass is 16.2. The highest BCUT2D eigenvalue weighted by Crippen LogP contribution is 2.24. The quantitative estimate of drug-likeness (QED) is 0.859. The van der Waals surface area contributed by atoms with Crippen molar-refractivity contribution in [2.75, 3.05) is 0 Å². The minimum absolute atomic E-state index is 0.101. The molecule has 2 aromatic carbocycles. The van der Waals surface area contributed by atoms with Crippen molar-refractivity contribution in [1.82, 2.24) is 10.2 Å². The van der Waals surface area contributed by atoms with Crippen LogP contribution in [0, 0.1) is 0 Å². The van der Waals surface area contributed by atoms with Crippen LogP contribution in [0.25, 0.3) is 0 Å². The first-order chi connectivity index (χ1) is 12.6. The van der Waals surface area contributed by atoms with Gasteiger partial charge in [0.05, 0.1) is 6.04 Å². The third-order valence-electron chi connectivity index (χ3n) is 5.16. The summed E-state index contributed by atoms with van der Waals surface area (Å²) >= 11 is 0. The van der Waals surface area contributed by atoms with E-state index in [4.69, 9.17) is 0 Å². The minimum Gasteiger partial charge on any atom is -0.337 e. The van der Waals surface area contributed by atoms with Gasteiger partial charge in [-0.15, -0.1) is 0 Å². The fourth-order valence-electron chi connectivity index (χ4n) is 3.78. The number of amides is 2. The van der Waals surface area contributed by atoms with E-state index in [0.29, 0.717) is 0 Å². The van der Waals surface area contributed by atoms with Gasteiger partial charge in [-0.05, 0) is 44.2 Å². The molecule has 3 rings (SSSR count). The van der Waals surface area contributed by atoms with Crippen molar-refractivity contribution in [2.45, 2.75) is 51.2 Å². The van der Waals surface area contributed by atoms with Crippen LogP contribution in [0.15, 0.2) is 60.7 Å². The molecule has 0 aliphatic carbocycles. The van der Waals surface area contributed by atoms with Crippen molar-refractivity contribution in [1.29, 1.82) is 0 Å². The van der Waals surface area contributed by atoms with Crippen LogP contribution >= 0.6 is 0 Å². The molecule has 0 spiro atoms. The van der Waals surface area contributed by atoms with Gasteiger partial charge in [-0.25, -0.2) is 0 Å². The van der Waals surface area contributed by atoms with Crippen LogP contribution in [-0.4, -0.2) is 28.8 Å². The Morgan fingerprint density at radius 3 is 1.81 bits per heavy atom. The molecule has 1 aliphatic heterocycles. The molecule has 0 radical (unpaired) electrons. The molecule has 1 fully saturated rings. The van der Waals surface area contributed by atoms with Crippen LogP contribution in [0.4, 0.5) is 0 Å². The zero-order valence-corrected chi connectivity index (χ0v) is 15.4. The minimum atomic E-state index is -0.539. The Labute approximate surface area is 155 Å². The molecule has 2 amide bonds. The molecule has 1 heterocycles. The Hall–Kier alpha value is -2.62. The van der Waals surface area contributed by atoms with Gasteiger partial charge in [0.15, 0.2) is 0 Å². The van der Waals surface area contributed by atoms with Crippen LogP contribution in [0.1, 0.15) is 50.3 Å². The Balaban J connectivity index is 1.82. The molecule has 0 saturated carbocycles. The smallest absolute Gasteiger partial charge is 0.312 e. The first-order valence-corrected chi connectivity index (χ1v) is 9.31. The predicted octanol–water partition coefficient (Wildman–Crippen LogP) is 3.68. The maximum atomic E-state index is 12.8. The van der Waals surface area contributed by atoms with Gasteiger partial charge in [0, 0.05) is 12.1 Å². The summed E-state index contributed by atoms with van der Waals surface area (Å²) in [4.78, 5) is 27.4. The SMILES string of the molecule is CC1CCCC(C)N1C(=O)C(=O)NC(c1ccccc1)c1ccccc1. The topological polar surface area (TPSA) is 49.4 Å². The normalized spacial score (nSPS) is 20.0. The van der Waals surface area contributed by atoms with E-state index in [0.717, 1.165) is 30.4 Å². The number of benzene rings is 2. The van der Waals surface area contributed by atoms with Crippen molar-refractivity contribution in [3.05, 3.63) is 71.8 Å². The fraction of sp³-hybridized carbons (Fsp3) is 0.364. The molecule has 4 nitrogen and oxygen atoms in total.